The maximum atomic E-state index is 5.25. The first-order chi connectivity index (χ1) is 9.78. The first kappa shape index (κ1) is 14.5. The summed E-state index contributed by atoms with van der Waals surface area (Å²) >= 11 is 0. The van der Waals surface area contributed by atoms with Gasteiger partial charge in [-0.15, -0.1) is 0 Å². The van der Waals surface area contributed by atoms with Crippen molar-refractivity contribution < 1.29 is 4.74 Å². The fraction of sp³-hybridized carbons (Fsp3) is 0.467. The van der Waals surface area contributed by atoms with Gasteiger partial charge in [-0.2, -0.15) is 0 Å². The van der Waals surface area contributed by atoms with Crippen molar-refractivity contribution in [3.63, 3.8) is 0 Å². The maximum absolute atomic E-state index is 5.25. The standard InChI is InChI=1S/C15H22N4O/c1-13-9-15(20-2)10-14(18-13)11-16-5-3-4-7-19-8-6-17-12-19/h6,8-10,12,16H,3-5,7,11H2,1-2H3. The van der Waals surface area contributed by atoms with Crippen LogP contribution >= 0.6 is 0 Å². The van der Waals surface area contributed by atoms with E-state index in [4.69, 9.17) is 4.74 Å². The lowest BCUT2D eigenvalue weighted by atomic mass is 10.2. The molecule has 5 nitrogen and oxygen atoms in total. The number of nitrogens with zero attached hydrogens (tertiary/aromatic N) is 3. The molecule has 0 bridgehead atoms. The Morgan fingerprint density at radius 3 is 2.95 bits per heavy atom. The monoisotopic (exact) mass is 274 g/mol. The highest BCUT2D eigenvalue weighted by molar-refractivity contribution is 5.26. The van der Waals surface area contributed by atoms with Crippen LogP contribution in [0.1, 0.15) is 24.2 Å². The molecular weight excluding hydrogens is 252 g/mol. The molecule has 2 heterocycles. The van der Waals surface area contributed by atoms with Crippen LogP contribution in [0.15, 0.2) is 30.9 Å². The Bertz CT molecular complexity index is 511. The van der Waals surface area contributed by atoms with Gasteiger partial charge in [0, 0.05) is 43.3 Å². The summed E-state index contributed by atoms with van der Waals surface area (Å²) in [6, 6.07) is 3.92. The number of rotatable bonds is 8. The summed E-state index contributed by atoms with van der Waals surface area (Å²) < 4.78 is 7.35. The smallest absolute Gasteiger partial charge is 0.122 e. The zero-order valence-electron chi connectivity index (χ0n) is 12.2. The molecule has 0 aliphatic rings. The Balaban J connectivity index is 1.64. The van der Waals surface area contributed by atoms with Gasteiger partial charge in [-0.25, -0.2) is 4.98 Å². The van der Waals surface area contributed by atoms with E-state index in [2.05, 4.69) is 19.9 Å². The highest BCUT2D eigenvalue weighted by Gasteiger charge is 2.00. The highest BCUT2D eigenvalue weighted by atomic mass is 16.5. The molecule has 0 saturated heterocycles. The molecule has 1 N–H and O–H groups in total. The second kappa shape index (κ2) is 7.65. The van der Waals surface area contributed by atoms with E-state index in [1.54, 1.807) is 7.11 Å². The molecule has 0 aliphatic carbocycles. The van der Waals surface area contributed by atoms with Crippen LogP contribution in [0.2, 0.25) is 0 Å². The normalized spacial score (nSPS) is 10.7. The number of hydrogen-bond acceptors (Lipinski definition) is 4. The van der Waals surface area contributed by atoms with Crippen molar-refractivity contribution in [1.29, 1.82) is 0 Å². The molecule has 0 fully saturated rings. The van der Waals surface area contributed by atoms with Crippen LogP contribution in [0.5, 0.6) is 5.75 Å². The van der Waals surface area contributed by atoms with Gasteiger partial charge in [0.2, 0.25) is 0 Å². The number of hydrogen-bond donors (Lipinski definition) is 1. The van der Waals surface area contributed by atoms with Crippen LogP contribution in [0, 0.1) is 6.92 Å². The molecule has 0 spiro atoms. The Morgan fingerprint density at radius 2 is 2.20 bits per heavy atom. The topological polar surface area (TPSA) is 52.0 Å². The number of ether oxygens (including phenoxy) is 1. The van der Waals surface area contributed by atoms with Gasteiger partial charge in [-0.1, -0.05) is 0 Å². The number of aryl methyl sites for hydroxylation is 2. The molecule has 0 aromatic carbocycles. The van der Waals surface area contributed by atoms with Gasteiger partial charge in [0.05, 0.1) is 19.1 Å². The van der Waals surface area contributed by atoms with E-state index in [1.807, 2.05) is 37.8 Å². The molecule has 20 heavy (non-hydrogen) atoms. The van der Waals surface area contributed by atoms with Crippen molar-refractivity contribution in [2.24, 2.45) is 0 Å². The fourth-order valence-electron chi connectivity index (χ4n) is 2.09. The minimum absolute atomic E-state index is 0.781. The fourth-order valence-corrected chi connectivity index (χ4v) is 2.09. The third kappa shape index (κ3) is 4.66. The summed E-state index contributed by atoms with van der Waals surface area (Å²) in [7, 11) is 1.68. The van der Waals surface area contributed by atoms with Gasteiger partial charge in [-0.3, -0.25) is 4.98 Å². The van der Waals surface area contributed by atoms with E-state index in [0.717, 1.165) is 49.6 Å². The van der Waals surface area contributed by atoms with Gasteiger partial charge >= 0.3 is 0 Å². The lowest BCUT2D eigenvalue weighted by molar-refractivity contribution is 0.412. The van der Waals surface area contributed by atoms with E-state index < -0.39 is 0 Å². The van der Waals surface area contributed by atoms with Gasteiger partial charge in [0.15, 0.2) is 0 Å². The molecule has 0 radical (unpaired) electrons. The summed E-state index contributed by atoms with van der Waals surface area (Å²) in [5.41, 5.74) is 2.01. The molecule has 2 aromatic rings. The van der Waals surface area contributed by atoms with E-state index >= 15 is 0 Å². The lowest BCUT2D eigenvalue weighted by Gasteiger charge is -2.08. The van der Waals surface area contributed by atoms with Crippen LogP contribution in [-0.2, 0) is 13.1 Å². The molecule has 108 valence electrons. The lowest BCUT2D eigenvalue weighted by Crippen LogP contribution is -2.16. The van der Waals surface area contributed by atoms with E-state index in [-0.39, 0.29) is 0 Å². The van der Waals surface area contributed by atoms with Crippen molar-refractivity contribution in [3.05, 3.63) is 42.2 Å². The van der Waals surface area contributed by atoms with E-state index in [1.165, 1.54) is 0 Å². The van der Waals surface area contributed by atoms with Crippen LogP contribution in [0.25, 0.3) is 0 Å². The average Bonchev–Trinajstić information content (AvgIpc) is 2.95. The summed E-state index contributed by atoms with van der Waals surface area (Å²) in [6.45, 7) is 4.78. The minimum atomic E-state index is 0.781. The first-order valence-electron chi connectivity index (χ1n) is 6.96. The van der Waals surface area contributed by atoms with Gasteiger partial charge in [0.25, 0.3) is 0 Å². The zero-order valence-corrected chi connectivity index (χ0v) is 12.2. The second-order valence-corrected chi connectivity index (χ2v) is 4.82. The second-order valence-electron chi connectivity index (χ2n) is 4.82. The number of aromatic nitrogens is 3. The highest BCUT2D eigenvalue weighted by Crippen LogP contribution is 2.12. The summed E-state index contributed by atoms with van der Waals surface area (Å²) in [5, 5.41) is 3.42. The van der Waals surface area contributed by atoms with Crippen molar-refractivity contribution in [2.75, 3.05) is 13.7 Å². The van der Waals surface area contributed by atoms with Crippen LogP contribution in [0.4, 0.5) is 0 Å². The molecule has 0 aliphatic heterocycles. The van der Waals surface area contributed by atoms with Crippen molar-refractivity contribution in [2.45, 2.75) is 32.9 Å². The Labute approximate surface area is 120 Å². The number of pyridine rings is 1. The van der Waals surface area contributed by atoms with Crippen LogP contribution in [-0.4, -0.2) is 28.2 Å². The average molecular weight is 274 g/mol. The Kier molecular flexibility index (Phi) is 5.55. The molecule has 2 aromatic heterocycles. The predicted molar refractivity (Wildman–Crippen MR) is 78.7 cm³/mol. The molecule has 5 heteroatoms. The van der Waals surface area contributed by atoms with Crippen LogP contribution in [0.3, 0.4) is 0 Å². The van der Waals surface area contributed by atoms with E-state index in [0.29, 0.717) is 0 Å². The number of nitrogens with one attached hydrogen (secondary N) is 1. The molecule has 0 saturated carbocycles. The third-order valence-electron chi connectivity index (χ3n) is 3.10. The van der Waals surface area contributed by atoms with Gasteiger partial charge in [0.1, 0.15) is 5.75 Å². The number of methoxy groups -OCH3 is 1. The third-order valence-corrected chi connectivity index (χ3v) is 3.10. The maximum Gasteiger partial charge on any atom is 0.122 e. The largest absolute Gasteiger partial charge is 0.497 e. The van der Waals surface area contributed by atoms with Crippen molar-refractivity contribution in [3.8, 4) is 5.75 Å². The van der Waals surface area contributed by atoms with Crippen molar-refractivity contribution in [1.82, 2.24) is 19.9 Å². The number of unbranched alkanes of at least 4 members (excludes halogenated alkanes) is 1. The molecule has 0 unspecified atom stereocenters. The summed E-state index contributed by atoms with van der Waals surface area (Å²) in [6.07, 6.45) is 7.96. The summed E-state index contributed by atoms with van der Waals surface area (Å²) in [4.78, 5) is 8.51. The molecule has 0 amide bonds. The van der Waals surface area contributed by atoms with Gasteiger partial charge < -0.3 is 14.6 Å². The quantitative estimate of drug-likeness (QED) is 0.750. The van der Waals surface area contributed by atoms with E-state index in [9.17, 15) is 0 Å². The SMILES string of the molecule is COc1cc(C)nc(CNCCCCn2ccnc2)c1. The Hall–Kier alpha value is -1.88. The van der Waals surface area contributed by atoms with Crippen LogP contribution < -0.4 is 10.1 Å². The van der Waals surface area contributed by atoms with Crippen molar-refractivity contribution >= 4 is 0 Å². The molecule has 2 rings (SSSR count). The Morgan fingerprint density at radius 1 is 1.30 bits per heavy atom. The minimum Gasteiger partial charge on any atom is -0.497 e. The zero-order chi connectivity index (χ0) is 14.2. The first-order valence-corrected chi connectivity index (χ1v) is 6.96. The number of imidazole rings is 1. The van der Waals surface area contributed by atoms with Gasteiger partial charge in [-0.05, 0) is 26.3 Å². The predicted octanol–water partition coefficient (Wildman–Crippen LogP) is 2.17. The summed E-state index contributed by atoms with van der Waals surface area (Å²) in [5.74, 6) is 0.870. The molecule has 0 atom stereocenters. The molecular formula is C15H22N4O.